The number of ether oxygens (including phenoxy) is 4. The molecule has 27 heavy (non-hydrogen) atoms. The van der Waals surface area contributed by atoms with E-state index in [4.69, 9.17) is 18.9 Å². The summed E-state index contributed by atoms with van der Waals surface area (Å²) in [4.78, 5) is 60.0. The van der Waals surface area contributed by atoms with Gasteiger partial charge in [0.1, 0.15) is 12.7 Å². The maximum Gasteiger partial charge on any atom is 0.330 e. The van der Waals surface area contributed by atoms with Gasteiger partial charge in [0.05, 0.1) is 0 Å². The van der Waals surface area contributed by atoms with E-state index in [9.17, 15) is 24.0 Å². The van der Waals surface area contributed by atoms with Crippen LogP contribution in [0.1, 0.15) is 32.6 Å². The molecule has 1 aliphatic rings. The van der Waals surface area contributed by atoms with Crippen LogP contribution in [0.25, 0.3) is 0 Å². The quantitative estimate of drug-likeness (QED) is 0.508. The van der Waals surface area contributed by atoms with Crippen LogP contribution in [-0.4, -0.2) is 52.4 Å². The van der Waals surface area contributed by atoms with Crippen LogP contribution in [0.15, 0.2) is 15.8 Å². The van der Waals surface area contributed by atoms with E-state index in [1.54, 1.807) is 0 Å². The number of aromatic amines is 1. The molecule has 1 aromatic rings. The van der Waals surface area contributed by atoms with Crippen LogP contribution < -0.4 is 11.2 Å². The predicted molar refractivity (Wildman–Crippen MR) is 87.7 cm³/mol. The normalized spacial score (nSPS) is 24.3. The first-order chi connectivity index (χ1) is 12.6. The lowest BCUT2D eigenvalue weighted by atomic mass is 10.1. The molecule has 11 nitrogen and oxygen atoms in total. The molecule has 2 heterocycles. The third kappa shape index (κ3) is 4.82. The zero-order valence-corrected chi connectivity index (χ0v) is 15.2. The van der Waals surface area contributed by atoms with Crippen molar-refractivity contribution < 1.29 is 33.3 Å². The van der Waals surface area contributed by atoms with E-state index in [0.717, 1.165) is 18.4 Å². The number of nitrogens with zero attached hydrogens (tertiary/aromatic N) is 1. The second-order valence-corrected chi connectivity index (χ2v) is 5.99. The predicted octanol–water partition coefficient (Wildman–Crippen LogP) is -0.831. The molecule has 1 fully saturated rings. The molecule has 0 aliphatic carbocycles. The van der Waals surface area contributed by atoms with Crippen LogP contribution in [0.5, 0.6) is 0 Å². The number of carbonyl (C=O) groups is 3. The van der Waals surface area contributed by atoms with Crippen LogP contribution in [-0.2, 0) is 33.3 Å². The fraction of sp³-hybridized carbons (Fsp3) is 0.562. The average molecular weight is 384 g/mol. The zero-order chi connectivity index (χ0) is 20.3. The molecule has 11 heteroatoms. The van der Waals surface area contributed by atoms with Crippen molar-refractivity contribution in [3.63, 3.8) is 0 Å². The van der Waals surface area contributed by atoms with E-state index >= 15 is 0 Å². The molecule has 1 aromatic heterocycles. The van der Waals surface area contributed by atoms with Gasteiger partial charge in [0, 0.05) is 32.5 Å². The first-order valence-electron chi connectivity index (χ1n) is 8.05. The van der Waals surface area contributed by atoms with Crippen LogP contribution in [0.3, 0.4) is 0 Å². The maximum atomic E-state index is 12.2. The van der Waals surface area contributed by atoms with Crippen molar-refractivity contribution in [2.45, 2.75) is 52.2 Å². The number of hydrogen-bond donors (Lipinski definition) is 1. The van der Waals surface area contributed by atoms with Gasteiger partial charge in [-0.05, 0) is 6.92 Å². The van der Waals surface area contributed by atoms with Gasteiger partial charge < -0.3 is 18.9 Å². The van der Waals surface area contributed by atoms with Gasteiger partial charge in [-0.3, -0.25) is 28.7 Å². The third-order valence-electron chi connectivity index (χ3n) is 3.76. The second-order valence-electron chi connectivity index (χ2n) is 5.99. The van der Waals surface area contributed by atoms with Gasteiger partial charge in [0.2, 0.25) is 0 Å². The van der Waals surface area contributed by atoms with Crippen LogP contribution >= 0.6 is 0 Å². The Balaban J connectivity index is 2.47. The molecule has 2 unspecified atom stereocenters. The lowest BCUT2D eigenvalue weighted by molar-refractivity contribution is -0.166. The minimum Gasteiger partial charge on any atom is -0.463 e. The number of carbonyl (C=O) groups excluding carboxylic acids is 3. The topological polar surface area (TPSA) is 143 Å². The summed E-state index contributed by atoms with van der Waals surface area (Å²) < 4.78 is 22.1. The highest BCUT2D eigenvalue weighted by Gasteiger charge is 2.50. The number of nitrogens with one attached hydrogen (secondary N) is 1. The van der Waals surface area contributed by atoms with Crippen LogP contribution in [0, 0.1) is 6.92 Å². The van der Waals surface area contributed by atoms with Gasteiger partial charge >= 0.3 is 23.6 Å². The number of aromatic nitrogens is 2. The Morgan fingerprint density at radius 2 is 1.67 bits per heavy atom. The first-order valence-corrected chi connectivity index (χ1v) is 8.05. The Labute approximate surface area is 153 Å². The molecular formula is C16H20N2O9. The van der Waals surface area contributed by atoms with Crippen LogP contribution in [0.4, 0.5) is 0 Å². The zero-order valence-electron chi connectivity index (χ0n) is 15.2. The number of aryl methyl sites for hydroxylation is 1. The number of H-pyrrole nitrogens is 1. The summed E-state index contributed by atoms with van der Waals surface area (Å²) in [5.74, 6) is -1.97. The summed E-state index contributed by atoms with van der Waals surface area (Å²) in [5, 5.41) is 0. The Morgan fingerprint density at radius 1 is 1.07 bits per heavy atom. The Morgan fingerprint density at radius 3 is 2.22 bits per heavy atom. The summed E-state index contributed by atoms with van der Waals surface area (Å²) in [6.07, 6.45) is -3.29. The van der Waals surface area contributed by atoms with Crippen LogP contribution in [0.2, 0.25) is 0 Å². The van der Waals surface area contributed by atoms with Gasteiger partial charge in [-0.2, -0.15) is 0 Å². The number of rotatable bonds is 5. The molecule has 0 bridgehead atoms. The lowest BCUT2D eigenvalue weighted by Crippen LogP contribution is -2.42. The largest absolute Gasteiger partial charge is 0.463 e. The lowest BCUT2D eigenvalue weighted by Gasteiger charge is -2.24. The van der Waals surface area contributed by atoms with E-state index in [1.807, 2.05) is 0 Å². The Bertz CT molecular complexity index is 856. The molecule has 0 aromatic carbocycles. The summed E-state index contributed by atoms with van der Waals surface area (Å²) in [6.45, 7) is 4.66. The van der Waals surface area contributed by atoms with Gasteiger partial charge in [-0.15, -0.1) is 0 Å². The summed E-state index contributed by atoms with van der Waals surface area (Å²) in [7, 11) is 0. The molecule has 0 saturated carbocycles. The van der Waals surface area contributed by atoms with Crippen molar-refractivity contribution in [3.05, 3.63) is 32.6 Å². The van der Waals surface area contributed by atoms with Crippen molar-refractivity contribution in [2.75, 3.05) is 6.61 Å². The molecule has 0 amide bonds. The van der Waals surface area contributed by atoms with E-state index in [0.29, 0.717) is 0 Å². The minimum absolute atomic E-state index is 0.215. The molecular weight excluding hydrogens is 364 g/mol. The fourth-order valence-electron chi connectivity index (χ4n) is 2.69. The molecule has 1 N–H and O–H groups in total. The summed E-state index contributed by atoms with van der Waals surface area (Å²) in [6, 6.07) is 0. The SMILES string of the molecule is CC(=O)OC[C@H]1O[C@@H](n2cc(C)c(=O)[nH]c2=O)C(OC(C)=O)C1OC(C)=O. The van der Waals surface area contributed by atoms with Crippen molar-refractivity contribution in [3.8, 4) is 0 Å². The number of hydrogen-bond acceptors (Lipinski definition) is 9. The Hall–Kier alpha value is -2.95. The fourth-order valence-corrected chi connectivity index (χ4v) is 2.69. The van der Waals surface area contributed by atoms with Gasteiger partial charge in [-0.1, -0.05) is 0 Å². The summed E-state index contributed by atoms with van der Waals surface area (Å²) in [5.41, 5.74) is -1.17. The highest BCUT2D eigenvalue weighted by Crippen LogP contribution is 2.33. The summed E-state index contributed by atoms with van der Waals surface area (Å²) >= 11 is 0. The van der Waals surface area contributed by atoms with E-state index in [2.05, 4.69) is 4.98 Å². The van der Waals surface area contributed by atoms with E-state index in [1.165, 1.54) is 20.0 Å². The van der Waals surface area contributed by atoms with Gasteiger partial charge in [0.25, 0.3) is 5.56 Å². The highest BCUT2D eigenvalue weighted by atomic mass is 16.7. The van der Waals surface area contributed by atoms with Crippen molar-refractivity contribution >= 4 is 17.9 Å². The Kier molecular flexibility index (Phi) is 6.16. The number of esters is 3. The van der Waals surface area contributed by atoms with Gasteiger partial charge in [0.15, 0.2) is 18.4 Å². The molecule has 4 atom stereocenters. The molecule has 2 rings (SSSR count). The maximum absolute atomic E-state index is 12.2. The smallest absolute Gasteiger partial charge is 0.330 e. The average Bonchev–Trinajstić information content (AvgIpc) is 2.85. The molecule has 148 valence electrons. The van der Waals surface area contributed by atoms with Crippen molar-refractivity contribution in [1.82, 2.24) is 9.55 Å². The molecule has 1 saturated heterocycles. The van der Waals surface area contributed by atoms with Crippen molar-refractivity contribution in [2.24, 2.45) is 0 Å². The second kappa shape index (κ2) is 8.16. The standard InChI is InChI=1S/C16H20N2O9/c1-7-5-18(16(23)17-14(7)22)15-13(26-10(4)21)12(25-9(3)20)11(27-15)6-24-8(2)19/h5,11-13,15H,6H2,1-4H3,(H,17,22,23)/t11-,12?,13?,15-/m1/s1. The highest BCUT2D eigenvalue weighted by molar-refractivity contribution is 5.67. The minimum atomic E-state index is -1.21. The molecule has 0 radical (unpaired) electrons. The molecule has 0 spiro atoms. The van der Waals surface area contributed by atoms with E-state index in [-0.39, 0.29) is 12.2 Å². The molecule has 1 aliphatic heterocycles. The van der Waals surface area contributed by atoms with Crippen molar-refractivity contribution in [1.29, 1.82) is 0 Å². The van der Waals surface area contributed by atoms with E-state index < -0.39 is 53.7 Å². The van der Waals surface area contributed by atoms with Gasteiger partial charge in [-0.25, -0.2) is 4.79 Å². The monoisotopic (exact) mass is 384 g/mol. The third-order valence-corrected chi connectivity index (χ3v) is 3.76. The first kappa shape index (κ1) is 20.4.